The lowest BCUT2D eigenvalue weighted by molar-refractivity contribution is 0.367. The van der Waals surface area contributed by atoms with Gasteiger partial charge in [-0.2, -0.15) is 5.26 Å². The Bertz CT molecular complexity index is 571. The number of ether oxygens (including phenoxy) is 1. The van der Waals surface area contributed by atoms with E-state index in [-0.39, 0.29) is 18.7 Å². The second-order valence-corrected chi connectivity index (χ2v) is 4.84. The number of aromatic nitrogens is 2. The third-order valence-electron chi connectivity index (χ3n) is 3.39. The van der Waals surface area contributed by atoms with Crippen molar-refractivity contribution < 1.29 is 4.74 Å². The van der Waals surface area contributed by atoms with Crippen molar-refractivity contribution >= 4 is 0 Å². The average molecular weight is 284 g/mol. The van der Waals surface area contributed by atoms with Gasteiger partial charge in [0.1, 0.15) is 17.6 Å². The molecule has 0 saturated heterocycles. The van der Waals surface area contributed by atoms with Crippen LogP contribution < -0.4 is 10.1 Å². The average Bonchev–Trinajstić information content (AvgIpc) is 3.05. The number of nitrogens with zero attached hydrogens (tertiary/aromatic N) is 2. The van der Waals surface area contributed by atoms with Crippen LogP contribution in [0.3, 0.4) is 0 Å². The topological polar surface area (TPSA) is 73.7 Å². The molecule has 2 unspecified atom stereocenters. The van der Waals surface area contributed by atoms with Gasteiger partial charge in [-0.05, 0) is 31.0 Å². The molecular formula is C16H20N4O. The summed E-state index contributed by atoms with van der Waals surface area (Å²) in [5.41, 5.74) is 1.17. The molecule has 1 aromatic carbocycles. The van der Waals surface area contributed by atoms with Crippen LogP contribution in [0.2, 0.25) is 0 Å². The van der Waals surface area contributed by atoms with Crippen molar-refractivity contribution in [3.05, 3.63) is 48.0 Å². The third kappa shape index (κ3) is 4.07. The van der Waals surface area contributed by atoms with E-state index in [1.165, 1.54) is 5.56 Å². The summed E-state index contributed by atoms with van der Waals surface area (Å²) in [6.45, 7) is 4.33. The number of aromatic amines is 1. The van der Waals surface area contributed by atoms with Crippen LogP contribution in [0.15, 0.2) is 36.7 Å². The van der Waals surface area contributed by atoms with Gasteiger partial charge >= 0.3 is 0 Å². The van der Waals surface area contributed by atoms with Crippen LogP contribution in [-0.2, 0) is 0 Å². The van der Waals surface area contributed by atoms with Crippen molar-refractivity contribution in [1.29, 1.82) is 5.26 Å². The molecule has 2 N–H and O–H groups in total. The highest BCUT2D eigenvalue weighted by molar-refractivity contribution is 5.29. The summed E-state index contributed by atoms with van der Waals surface area (Å²) in [7, 11) is 0. The largest absolute Gasteiger partial charge is 0.479 e. The maximum Gasteiger partial charge on any atom is 0.174 e. The summed E-state index contributed by atoms with van der Waals surface area (Å²) in [4.78, 5) is 7.47. The van der Waals surface area contributed by atoms with E-state index in [1.54, 1.807) is 6.20 Å². The first-order chi connectivity index (χ1) is 10.2. The molecule has 0 spiro atoms. The van der Waals surface area contributed by atoms with E-state index < -0.39 is 0 Å². The zero-order valence-corrected chi connectivity index (χ0v) is 12.3. The molecule has 2 rings (SSSR count). The first kappa shape index (κ1) is 15.1. The number of H-pyrrole nitrogens is 1. The van der Waals surface area contributed by atoms with Crippen molar-refractivity contribution in [2.75, 3.05) is 6.61 Å². The van der Waals surface area contributed by atoms with E-state index in [9.17, 15) is 0 Å². The lowest BCUT2D eigenvalue weighted by Gasteiger charge is -2.21. The van der Waals surface area contributed by atoms with E-state index in [2.05, 4.69) is 29.1 Å². The fourth-order valence-electron chi connectivity index (χ4n) is 2.22. The lowest BCUT2D eigenvalue weighted by atomic mass is 10.1. The summed E-state index contributed by atoms with van der Waals surface area (Å²) in [6, 6.07) is 10.2. The number of hydrogen-bond donors (Lipinski definition) is 2. The Morgan fingerprint density at radius 3 is 2.71 bits per heavy atom. The Labute approximate surface area is 125 Å². The molecule has 0 radical (unpaired) electrons. The lowest BCUT2D eigenvalue weighted by Crippen LogP contribution is -2.25. The van der Waals surface area contributed by atoms with Gasteiger partial charge in [-0.25, -0.2) is 4.98 Å². The van der Waals surface area contributed by atoms with Crippen molar-refractivity contribution in [1.82, 2.24) is 15.3 Å². The quantitative estimate of drug-likeness (QED) is 0.819. The molecule has 0 fully saturated rings. The second-order valence-electron chi connectivity index (χ2n) is 4.84. The molecule has 0 aliphatic heterocycles. The molecule has 0 saturated carbocycles. The Morgan fingerprint density at radius 1 is 1.38 bits per heavy atom. The number of rotatable bonds is 7. The number of benzene rings is 1. The summed E-state index contributed by atoms with van der Waals surface area (Å²) >= 11 is 0. The van der Waals surface area contributed by atoms with Crippen LogP contribution in [0, 0.1) is 11.3 Å². The highest BCUT2D eigenvalue weighted by atomic mass is 16.5. The van der Waals surface area contributed by atoms with Gasteiger partial charge in [0.25, 0.3) is 0 Å². The minimum atomic E-state index is 0.0730. The molecule has 0 amide bonds. The highest BCUT2D eigenvalue weighted by Gasteiger charge is 2.15. The van der Waals surface area contributed by atoms with Crippen molar-refractivity contribution in [2.24, 2.45) is 0 Å². The standard InChI is InChI=1S/C16H20N4O/c1-3-15(16-18-9-10-19-16)20-12(2)13-4-6-14(7-5-13)21-11-8-17/h4-7,9-10,12,15,20H,3,11H2,1-2H3,(H,18,19). The van der Waals surface area contributed by atoms with E-state index in [4.69, 9.17) is 10.00 Å². The molecule has 1 aromatic heterocycles. The first-order valence-corrected chi connectivity index (χ1v) is 7.09. The minimum absolute atomic E-state index is 0.0730. The van der Waals surface area contributed by atoms with Crippen molar-refractivity contribution in [2.45, 2.75) is 32.4 Å². The predicted octanol–water partition coefficient (Wildman–Crippen LogP) is 3.11. The molecule has 2 atom stereocenters. The van der Waals surface area contributed by atoms with Crippen LogP contribution in [-0.4, -0.2) is 16.6 Å². The molecule has 2 aromatic rings. The summed E-state index contributed by atoms with van der Waals surface area (Å²) in [5, 5.41) is 12.1. The van der Waals surface area contributed by atoms with E-state index in [0.717, 1.165) is 12.2 Å². The zero-order chi connectivity index (χ0) is 15.1. The molecule has 0 aliphatic rings. The van der Waals surface area contributed by atoms with E-state index >= 15 is 0 Å². The molecule has 0 aliphatic carbocycles. The number of nitrogens with one attached hydrogen (secondary N) is 2. The first-order valence-electron chi connectivity index (χ1n) is 7.09. The van der Waals surface area contributed by atoms with Gasteiger partial charge in [0, 0.05) is 18.4 Å². The Kier molecular flexibility index (Phi) is 5.35. The molecule has 110 valence electrons. The van der Waals surface area contributed by atoms with Crippen LogP contribution in [0.1, 0.15) is 43.7 Å². The van der Waals surface area contributed by atoms with Crippen LogP contribution in [0.5, 0.6) is 5.75 Å². The Morgan fingerprint density at radius 2 is 2.14 bits per heavy atom. The van der Waals surface area contributed by atoms with Gasteiger partial charge in [-0.15, -0.1) is 0 Å². The SMILES string of the molecule is CCC(NC(C)c1ccc(OCC#N)cc1)c1ncc[nH]1. The van der Waals surface area contributed by atoms with E-state index in [0.29, 0.717) is 5.75 Å². The fourth-order valence-corrected chi connectivity index (χ4v) is 2.22. The Balaban J connectivity index is 1.99. The van der Waals surface area contributed by atoms with Crippen molar-refractivity contribution in [3.63, 3.8) is 0 Å². The normalized spacial score (nSPS) is 13.4. The van der Waals surface area contributed by atoms with Gasteiger partial charge in [-0.3, -0.25) is 0 Å². The summed E-state index contributed by atoms with van der Waals surface area (Å²) in [5.74, 6) is 1.67. The predicted molar refractivity (Wildman–Crippen MR) is 80.7 cm³/mol. The fraction of sp³-hybridized carbons (Fsp3) is 0.375. The Hall–Kier alpha value is -2.32. The minimum Gasteiger partial charge on any atom is -0.479 e. The number of imidazole rings is 1. The van der Waals surface area contributed by atoms with Gasteiger partial charge < -0.3 is 15.0 Å². The number of nitriles is 1. The van der Waals surface area contributed by atoms with Crippen LogP contribution in [0.4, 0.5) is 0 Å². The maximum atomic E-state index is 8.49. The maximum absolute atomic E-state index is 8.49. The zero-order valence-electron chi connectivity index (χ0n) is 12.3. The smallest absolute Gasteiger partial charge is 0.174 e. The molecule has 0 bridgehead atoms. The molecule has 5 nitrogen and oxygen atoms in total. The number of hydrogen-bond acceptors (Lipinski definition) is 4. The summed E-state index contributed by atoms with van der Waals surface area (Å²) < 4.78 is 5.25. The molecule has 5 heteroatoms. The van der Waals surface area contributed by atoms with Gasteiger partial charge in [-0.1, -0.05) is 19.1 Å². The monoisotopic (exact) mass is 284 g/mol. The van der Waals surface area contributed by atoms with E-state index in [1.807, 2.05) is 36.5 Å². The van der Waals surface area contributed by atoms with Crippen molar-refractivity contribution in [3.8, 4) is 11.8 Å². The molecule has 1 heterocycles. The molecular weight excluding hydrogens is 264 g/mol. The van der Waals surface area contributed by atoms with Gasteiger partial charge in [0.15, 0.2) is 6.61 Å². The highest BCUT2D eigenvalue weighted by Crippen LogP contribution is 2.21. The molecule has 21 heavy (non-hydrogen) atoms. The van der Waals surface area contributed by atoms with Crippen LogP contribution in [0.25, 0.3) is 0 Å². The van der Waals surface area contributed by atoms with Gasteiger partial charge in [0.05, 0.1) is 6.04 Å². The van der Waals surface area contributed by atoms with Crippen LogP contribution >= 0.6 is 0 Å². The third-order valence-corrected chi connectivity index (χ3v) is 3.39. The van der Waals surface area contributed by atoms with Gasteiger partial charge in [0.2, 0.25) is 0 Å². The summed E-state index contributed by atoms with van der Waals surface area (Å²) in [6.07, 6.45) is 4.57. The second kappa shape index (κ2) is 7.46.